The van der Waals surface area contributed by atoms with E-state index in [0.717, 1.165) is 61.5 Å². The van der Waals surface area contributed by atoms with E-state index in [9.17, 15) is 4.79 Å². The van der Waals surface area contributed by atoms with Crippen molar-refractivity contribution in [2.75, 3.05) is 36.5 Å². The monoisotopic (exact) mass is 409 g/mol. The highest BCUT2D eigenvalue weighted by Gasteiger charge is 2.19. The van der Waals surface area contributed by atoms with Crippen molar-refractivity contribution in [3.05, 3.63) is 59.2 Å². The summed E-state index contributed by atoms with van der Waals surface area (Å²) in [6.07, 6.45) is 2.56. The number of nitrogens with zero attached hydrogens (tertiary/aromatic N) is 1. The lowest BCUT2D eigenvalue weighted by Gasteiger charge is -2.34. The van der Waals surface area contributed by atoms with Crippen LogP contribution in [0.1, 0.15) is 48.2 Å². The van der Waals surface area contributed by atoms with Gasteiger partial charge in [0.1, 0.15) is 0 Å². The molecule has 0 atom stereocenters. The van der Waals surface area contributed by atoms with Gasteiger partial charge in [0.25, 0.3) is 5.91 Å². The van der Waals surface area contributed by atoms with Crippen LogP contribution in [-0.4, -0.2) is 44.3 Å². The Morgan fingerprint density at radius 3 is 2.43 bits per heavy atom. The summed E-state index contributed by atoms with van der Waals surface area (Å²) in [7, 11) is 0. The zero-order chi connectivity index (χ0) is 21.5. The topological polar surface area (TPSA) is 53.6 Å². The van der Waals surface area contributed by atoms with Crippen LogP contribution in [0.5, 0.6) is 0 Å². The average molecular weight is 410 g/mol. The quantitative estimate of drug-likeness (QED) is 0.629. The molecule has 1 fully saturated rings. The molecule has 0 aromatic heterocycles. The molecule has 0 unspecified atom stereocenters. The second-order valence-electron chi connectivity index (χ2n) is 8.45. The van der Waals surface area contributed by atoms with Crippen molar-refractivity contribution < 1.29 is 9.53 Å². The number of rotatable bonds is 8. The third kappa shape index (κ3) is 6.31. The first-order valence-electron chi connectivity index (χ1n) is 11.0. The first-order valence-corrected chi connectivity index (χ1v) is 11.0. The average Bonchev–Trinajstić information content (AvgIpc) is 2.72. The van der Waals surface area contributed by atoms with Gasteiger partial charge in [-0.15, -0.1) is 0 Å². The van der Waals surface area contributed by atoms with Crippen LogP contribution < -0.4 is 15.5 Å². The number of piperidine rings is 1. The van der Waals surface area contributed by atoms with Gasteiger partial charge < -0.3 is 20.3 Å². The lowest BCUT2D eigenvalue weighted by molar-refractivity contribution is 0.0788. The van der Waals surface area contributed by atoms with Gasteiger partial charge in [0.15, 0.2) is 0 Å². The molecule has 5 heteroatoms. The summed E-state index contributed by atoms with van der Waals surface area (Å²) in [6, 6.07) is 14.6. The van der Waals surface area contributed by atoms with Crippen LogP contribution in [0, 0.1) is 13.8 Å². The molecule has 2 aromatic carbocycles. The second-order valence-corrected chi connectivity index (χ2v) is 8.45. The van der Waals surface area contributed by atoms with E-state index >= 15 is 0 Å². The van der Waals surface area contributed by atoms with Crippen molar-refractivity contribution in [2.45, 2.75) is 52.7 Å². The van der Waals surface area contributed by atoms with Gasteiger partial charge in [-0.1, -0.05) is 17.7 Å². The fourth-order valence-corrected chi connectivity index (χ4v) is 3.92. The number of benzene rings is 2. The van der Waals surface area contributed by atoms with Crippen molar-refractivity contribution in [1.29, 1.82) is 0 Å². The van der Waals surface area contributed by atoms with Crippen LogP contribution in [0.15, 0.2) is 42.5 Å². The summed E-state index contributed by atoms with van der Waals surface area (Å²) in [6.45, 7) is 11.9. The molecule has 162 valence electrons. The van der Waals surface area contributed by atoms with Gasteiger partial charge in [0, 0.05) is 42.6 Å². The van der Waals surface area contributed by atoms with E-state index in [4.69, 9.17) is 4.74 Å². The van der Waals surface area contributed by atoms with Gasteiger partial charge >= 0.3 is 0 Å². The van der Waals surface area contributed by atoms with E-state index < -0.39 is 0 Å². The summed E-state index contributed by atoms with van der Waals surface area (Å²) in [5, 5.41) is 6.62. The van der Waals surface area contributed by atoms with E-state index in [0.29, 0.717) is 12.1 Å². The molecule has 0 saturated carbocycles. The van der Waals surface area contributed by atoms with Crippen LogP contribution in [0.3, 0.4) is 0 Å². The third-order valence-corrected chi connectivity index (χ3v) is 5.60. The minimum absolute atomic E-state index is 0.0615. The van der Waals surface area contributed by atoms with E-state index in [1.807, 2.05) is 44.2 Å². The standard InChI is InChI=1S/C25H35N3O2/c1-18(2)30-16-13-26-21-11-14-28(15-12-21)23-8-6-22(7-9-23)27-25(29)24-10-5-19(3)17-20(24)4/h5-10,17-18,21,26H,11-16H2,1-4H3,(H,27,29). The van der Waals surface area contributed by atoms with Crippen LogP contribution in [0.4, 0.5) is 11.4 Å². The third-order valence-electron chi connectivity index (χ3n) is 5.60. The van der Waals surface area contributed by atoms with Crippen LogP contribution in [0.25, 0.3) is 0 Å². The zero-order valence-electron chi connectivity index (χ0n) is 18.7. The smallest absolute Gasteiger partial charge is 0.255 e. The van der Waals surface area contributed by atoms with Crippen molar-refractivity contribution in [3.8, 4) is 0 Å². The number of hydrogen-bond donors (Lipinski definition) is 2. The second kappa shape index (κ2) is 10.6. The molecule has 3 rings (SSSR count). The largest absolute Gasteiger partial charge is 0.377 e. The Hall–Kier alpha value is -2.37. The molecule has 1 heterocycles. The molecule has 5 nitrogen and oxygen atoms in total. The Kier molecular flexibility index (Phi) is 7.88. The molecule has 0 aliphatic carbocycles. The summed E-state index contributed by atoms with van der Waals surface area (Å²) >= 11 is 0. The highest BCUT2D eigenvalue weighted by atomic mass is 16.5. The van der Waals surface area contributed by atoms with Gasteiger partial charge in [-0.2, -0.15) is 0 Å². The molecule has 1 aliphatic rings. The molecule has 2 aromatic rings. The SMILES string of the molecule is Cc1ccc(C(=O)Nc2ccc(N3CCC(NCCOC(C)C)CC3)cc2)c(C)c1. The van der Waals surface area contributed by atoms with Gasteiger partial charge in [-0.25, -0.2) is 0 Å². The Balaban J connectivity index is 1.47. The predicted octanol–water partition coefficient (Wildman–Crippen LogP) is 4.54. The maximum absolute atomic E-state index is 12.6. The van der Waals surface area contributed by atoms with Gasteiger partial charge in [-0.3, -0.25) is 4.79 Å². The molecule has 1 saturated heterocycles. The normalized spacial score (nSPS) is 14.9. The number of aryl methyl sites for hydroxylation is 2. The first-order chi connectivity index (χ1) is 14.4. The lowest BCUT2D eigenvalue weighted by Crippen LogP contribution is -2.43. The number of carbonyl (C=O) groups excluding carboxylic acids is 1. The van der Waals surface area contributed by atoms with Crippen molar-refractivity contribution in [1.82, 2.24) is 5.32 Å². The molecule has 1 aliphatic heterocycles. The number of amides is 1. The predicted molar refractivity (Wildman–Crippen MR) is 125 cm³/mol. The number of carbonyl (C=O) groups is 1. The lowest BCUT2D eigenvalue weighted by atomic mass is 10.0. The first kappa shape index (κ1) is 22.3. The number of hydrogen-bond acceptors (Lipinski definition) is 4. The minimum Gasteiger partial charge on any atom is -0.377 e. The Morgan fingerprint density at radius 2 is 1.80 bits per heavy atom. The molecule has 0 radical (unpaired) electrons. The number of nitrogens with one attached hydrogen (secondary N) is 2. The maximum atomic E-state index is 12.6. The summed E-state index contributed by atoms with van der Waals surface area (Å²) < 4.78 is 5.60. The fourth-order valence-electron chi connectivity index (χ4n) is 3.92. The Labute approximate surface area is 180 Å². The Bertz CT molecular complexity index is 825. The molecule has 1 amide bonds. The van der Waals surface area contributed by atoms with E-state index in [1.165, 1.54) is 5.69 Å². The summed E-state index contributed by atoms with van der Waals surface area (Å²) in [5.41, 5.74) is 4.91. The van der Waals surface area contributed by atoms with E-state index in [1.54, 1.807) is 0 Å². The van der Waals surface area contributed by atoms with Gasteiger partial charge in [0.2, 0.25) is 0 Å². The minimum atomic E-state index is -0.0615. The van der Waals surface area contributed by atoms with Crippen LogP contribution in [-0.2, 0) is 4.74 Å². The highest BCUT2D eigenvalue weighted by molar-refractivity contribution is 6.05. The number of anilines is 2. The van der Waals surface area contributed by atoms with Crippen LogP contribution in [0.2, 0.25) is 0 Å². The molecular formula is C25H35N3O2. The van der Waals surface area contributed by atoms with E-state index in [-0.39, 0.29) is 5.91 Å². The summed E-state index contributed by atoms with van der Waals surface area (Å²) in [4.78, 5) is 15.0. The molecule has 0 spiro atoms. The molecule has 30 heavy (non-hydrogen) atoms. The molecular weight excluding hydrogens is 374 g/mol. The van der Waals surface area contributed by atoms with Crippen molar-refractivity contribution in [3.63, 3.8) is 0 Å². The van der Waals surface area contributed by atoms with Crippen molar-refractivity contribution >= 4 is 17.3 Å². The highest BCUT2D eigenvalue weighted by Crippen LogP contribution is 2.23. The van der Waals surface area contributed by atoms with Crippen molar-refractivity contribution in [2.24, 2.45) is 0 Å². The number of ether oxygens (including phenoxy) is 1. The van der Waals surface area contributed by atoms with Gasteiger partial charge in [0.05, 0.1) is 12.7 Å². The van der Waals surface area contributed by atoms with Crippen LogP contribution >= 0.6 is 0 Å². The molecule has 0 bridgehead atoms. The summed E-state index contributed by atoms with van der Waals surface area (Å²) in [5.74, 6) is -0.0615. The maximum Gasteiger partial charge on any atom is 0.255 e. The Morgan fingerprint density at radius 1 is 1.10 bits per heavy atom. The van der Waals surface area contributed by atoms with E-state index in [2.05, 4.69) is 41.5 Å². The molecule has 2 N–H and O–H groups in total. The zero-order valence-corrected chi connectivity index (χ0v) is 18.7. The van der Waals surface area contributed by atoms with Gasteiger partial charge in [-0.05, 0) is 76.4 Å². The fraction of sp³-hybridized carbons (Fsp3) is 0.480.